The Balaban J connectivity index is 2.85. The molecule has 1 aromatic rings. The van der Waals surface area contributed by atoms with E-state index in [1.165, 1.54) is 12.1 Å². The molecule has 0 bridgehead atoms. The topological polar surface area (TPSA) is 179 Å². The van der Waals surface area contributed by atoms with Gasteiger partial charge in [-0.3, -0.25) is 9.11 Å². The number of anilines is 2. The normalized spacial score (nSPS) is 12.1. The maximum atomic E-state index is 10.6. The molecular weight excluding hydrogens is 340 g/mol. The highest BCUT2D eigenvalue weighted by Gasteiger charge is 2.14. The molecular formula is C10H16N2O8S2. The summed E-state index contributed by atoms with van der Waals surface area (Å²) in [6.45, 7) is -0.794. The Morgan fingerprint density at radius 3 is 1.91 bits per heavy atom. The molecule has 0 aromatic heterocycles. The molecule has 0 aliphatic heterocycles. The van der Waals surface area contributed by atoms with Gasteiger partial charge in [0.2, 0.25) is 0 Å². The lowest BCUT2D eigenvalue weighted by molar-refractivity contribution is 0.287. The van der Waals surface area contributed by atoms with Crippen LogP contribution in [0.15, 0.2) is 12.1 Å². The van der Waals surface area contributed by atoms with Gasteiger partial charge in [-0.05, 0) is 6.07 Å². The van der Waals surface area contributed by atoms with E-state index in [9.17, 15) is 16.8 Å². The number of hydrogen-bond donors (Lipinski definition) is 4. The van der Waals surface area contributed by atoms with Crippen molar-refractivity contribution in [3.63, 3.8) is 0 Å². The lowest BCUT2D eigenvalue weighted by Crippen LogP contribution is -2.16. The van der Waals surface area contributed by atoms with Gasteiger partial charge < -0.3 is 20.9 Å². The maximum Gasteiger partial charge on any atom is 0.268 e. The first-order chi connectivity index (χ1) is 9.98. The van der Waals surface area contributed by atoms with Gasteiger partial charge in [0.05, 0.1) is 5.69 Å². The highest BCUT2D eigenvalue weighted by molar-refractivity contribution is 7.86. The van der Waals surface area contributed by atoms with E-state index >= 15 is 0 Å². The lowest BCUT2D eigenvalue weighted by Gasteiger charge is -2.15. The van der Waals surface area contributed by atoms with Crippen LogP contribution in [0.2, 0.25) is 0 Å². The third-order valence-corrected chi connectivity index (χ3v) is 3.66. The minimum Gasteiger partial charge on any atom is -0.488 e. The van der Waals surface area contributed by atoms with Crippen LogP contribution in [-0.2, 0) is 20.2 Å². The van der Waals surface area contributed by atoms with Crippen molar-refractivity contribution < 1.29 is 35.4 Å². The van der Waals surface area contributed by atoms with Gasteiger partial charge in [-0.25, -0.2) is 0 Å². The van der Waals surface area contributed by atoms with Crippen LogP contribution >= 0.6 is 0 Å². The maximum absolute atomic E-state index is 10.6. The fraction of sp³-hybridized carbons (Fsp3) is 0.400. The number of benzene rings is 1. The van der Waals surface area contributed by atoms with E-state index in [2.05, 4.69) is 0 Å². The molecule has 0 saturated heterocycles. The minimum absolute atomic E-state index is 0.0171. The second kappa shape index (κ2) is 7.00. The molecule has 1 aromatic carbocycles. The molecule has 0 atom stereocenters. The Morgan fingerprint density at radius 2 is 1.41 bits per heavy atom. The van der Waals surface area contributed by atoms with E-state index in [0.717, 1.165) is 0 Å². The van der Waals surface area contributed by atoms with E-state index in [-0.39, 0.29) is 22.9 Å². The van der Waals surface area contributed by atoms with E-state index in [1.54, 1.807) is 0 Å². The van der Waals surface area contributed by atoms with Crippen molar-refractivity contribution in [3.05, 3.63) is 12.1 Å². The van der Waals surface area contributed by atoms with Gasteiger partial charge in [-0.2, -0.15) is 16.8 Å². The van der Waals surface area contributed by atoms with E-state index in [4.69, 9.17) is 30.0 Å². The molecule has 10 nitrogen and oxygen atoms in total. The number of hydrogen-bond acceptors (Lipinski definition) is 8. The Bertz CT molecular complexity index is 730. The molecule has 126 valence electrons. The summed E-state index contributed by atoms with van der Waals surface area (Å²) in [6.07, 6.45) is 0. The summed E-state index contributed by atoms with van der Waals surface area (Å²) in [7, 11) is -8.41. The summed E-state index contributed by atoms with van der Waals surface area (Å²) in [6, 6.07) is 2.63. The van der Waals surface area contributed by atoms with Crippen molar-refractivity contribution in [1.82, 2.24) is 0 Å². The van der Waals surface area contributed by atoms with Gasteiger partial charge >= 0.3 is 0 Å². The zero-order valence-corrected chi connectivity index (χ0v) is 12.9. The number of rotatable bonds is 8. The zero-order chi connectivity index (χ0) is 17.0. The standard InChI is InChI=1S/C10H16N2O8S2/c11-7-5-8(12)10(20-2-4-22(16,17)18)9(6-7)19-1-3-21(13,14)15/h5-6H,1-4,11-12H2,(H,13,14,15)(H,16,17,18). The van der Waals surface area contributed by atoms with Crippen LogP contribution in [0.5, 0.6) is 11.5 Å². The molecule has 0 amide bonds. The molecule has 0 aliphatic rings. The molecule has 1 rings (SSSR count). The number of ether oxygens (including phenoxy) is 2. The van der Waals surface area contributed by atoms with Crippen molar-refractivity contribution in [2.75, 3.05) is 36.2 Å². The van der Waals surface area contributed by atoms with Crippen molar-refractivity contribution >= 4 is 31.6 Å². The van der Waals surface area contributed by atoms with E-state index in [0.29, 0.717) is 0 Å². The molecule has 6 N–H and O–H groups in total. The van der Waals surface area contributed by atoms with Gasteiger partial charge in [0.25, 0.3) is 20.2 Å². The lowest BCUT2D eigenvalue weighted by atomic mass is 10.2. The Labute approximate surface area is 127 Å². The summed E-state index contributed by atoms with van der Waals surface area (Å²) in [5, 5.41) is 0. The Morgan fingerprint density at radius 1 is 0.909 bits per heavy atom. The Kier molecular flexibility index (Phi) is 5.82. The van der Waals surface area contributed by atoms with Crippen molar-refractivity contribution in [3.8, 4) is 11.5 Å². The fourth-order valence-electron chi connectivity index (χ4n) is 1.41. The average molecular weight is 356 g/mol. The summed E-state index contributed by atoms with van der Waals surface area (Å²) in [4.78, 5) is 0. The Hall–Kier alpha value is -1.76. The van der Waals surface area contributed by atoms with Crippen LogP contribution < -0.4 is 20.9 Å². The third kappa shape index (κ3) is 6.80. The molecule has 0 radical (unpaired) electrons. The first-order valence-corrected chi connectivity index (χ1v) is 9.05. The van der Waals surface area contributed by atoms with Crippen LogP contribution in [0.1, 0.15) is 0 Å². The van der Waals surface area contributed by atoms with Gasteiger partial charge in [-0.1, -0.05) is 0 Å². The smallest absolute Gasteiger partial charge is 0.268 e. The second-order valence-corrected chi connectivity index (χ2v) is 7.35. The summed E-state index contributed by atoms with van der Waals surface area (Å²) >= 11 is 0. The van der Waals surface area contributed by atoms with Gasteiger partial charge in [0.15, 0.2) is 11.5 Å². The van der Waals surface area contributed by atoms with Gasteiger partial charge in [0.1, 0.15) is 24.7 Å². The first kappa shape index (κ1) is 18.3. The molecule has 0 spiro atoms. The minimum atomic E-state index is -4.21. The van der Waals surface area contributed by atoms with Gasteiger partial charge in [0, 0.05) is 11.8 Å². The molecule has 0 heterocycles. The largest absolute Gasteiger partial charge is 0.488 e. The van der Waals surface area contributed by atoms with Crippen LogP contribution in [0.25, 0.3) is 0 Å². The summed E-state index contributed by atoms with van der Waals surface area (Å²) in [5.41, 5.74) is 11.5. The highest BCUT2D eigenvalue weighted by atomic mass is 32.2. The molecule has 0 fully saturated rings. The third-order valence-electron chi connectivity index (χ3n) is 2.29. The zero-order valence-electron chi connectivity index (χ0n) is 11.3. The first-order valence-electron chi connectivity index (χ1n) is 5.83. The van der Waals surface area contributed by atoms with Crippen molar-refractivity contribution in [2.45, 2.75) is 0 Å². The van der Waals surface area contributed by atoms with Crippen LogP contribution in [0, 0.1) is 0 Å². The fourth-order valence-corrected chi connectivity index (χ4v) is 2.00. The molecule has 0 saturated carbocycles. The monoisotopic (exact) mass is 356 g/mol. The second-order valence-electron chi connectivity index (χ2n) is 4.21. The van der Waals surface area contributed by atoms with Crippen LogP contribution in [-0.4, -0.2) is 50.7 Å². The van der Waals surface area contributed by atoms with E-state index in [1.807, 2.05) is 0 Å². The van der Waals surface area contributed by atoms with Crippen molar-refractivity contribution in [2.24, 2.45) is 0 Å². The predicted molar refractivity (Wildman–Crippen MR) is 79.1 cm³/mol. The SMILES string of the molecule is Nc1cc(N)c(OCCS(=O)(=O)O)c(OCCS(=O)(=O)O)c1. The van der Waals surface area contributed by atoms with Crippen LogP contribution in [0.4, 0.5) is 11.4 Å². The molecule has 0 unspecified atom stereocenters. The number of nitrogens with two attached hydrogens (primary N) is 2. The molecule has 12 heteroatoms. The average Bonchev–Trinajstić information content (AvgIpc) is 2.29. The van der Waals surface area contributed by atoms with Crippen molar-refractivity contribution in [1.29, 1.82) is 0 Å². The summed E-state index contributed by atoms with van der Waals surface area (Å²) in [5.74, 6) is -1.39. The summed E-state index contributed by atoms with van der Waals surface area (Å²) < 4.78 is 70.0. The van der Waals surface area contributed by atoms with Crippen LogP contribution in [0.3, 0.4) is 0 Å². The highest BCUT2D eigenvalue weighted by Crippen LogP contribution is 2.36. The van der Waals surface area contributed by atoms with E-state index < -0.39 is 45.0 Å². The predicted octanol–water partition coefficient (Wildman–Crippen LogP) is -0.616. The van der Waals surface area contributed by atoms with Gasteiger partial charge in [-0.15, -0.1) is 0 Å². The quantitative estimate of drug-likeness (QED) is 0.346. The molecule has 0 aliphatic carbocycles. The molecule has 22 heavy (non-hydrogen) atoms. The number of nitrogen functional groups attached to an aromatic ring is 2.